The summed E-state index contributed by atoms with van der Waals surface area (Å²) < 4.78 is 8.33. The summed E-state index contributed by atoms with van der Waals surface area (Å²) in [6.45, 7) is 4.48. The zero-order chi connectivity index (χ0) is 13.7. The highest BCUT2D eigenvalue weighted by Crippen LogP contribution is 2.38. The first-order chi connectivity index (χ1) is 8.52. The lowest BCUT2D eigenvalue weighted by molar-refractivity contribution is 0.0764. The maximum atomic E-state index is 6.36. The Morgan fingerprint density at radius 3 is 2.56 bits per heavy atom. The first-order valence-electron chi connectivity index (χ1n) is 5.39. The van der Waals surface area contributed by atoms with Crippen molar-refractivity contribution < 1.29 is 4.74 Å². The Kier molecular flexibility index (Phi) is 7.12. The van der Waals surface area contributed by atoms with Crippen LogP contribution in [0.2, 0.25) is 15.1 Å². The van der Waals surface area contributed by atoms with Gasteiger partial charge in [-0.2, -0.15) is 0 Å². The Morgan fingerprint density at radius 2 is 2.00 bits per heavy atom. The van der Waals surface area contributed by atoms with Gasteiger partial charge in [-0.15, -0.1) is 0 Å². The molecular weight excluding hydrogens is 405 g/mol. The van der Waals surface area contributed by atoms with Gasteiger partial charge in [-0.25, -0.2) is 0 Å². The third-order valence-corrected chi connectivity index (χ3v) is 4.12. The standard InChI is InChI=1S/C13H12Cl3IO/c1-3-18-8(2)10-7-11(14)13(16)9(12(10)15)5-4-6-17/h7-8H,3,5H2,1-2H3. The van der Waals surface area contributed by atoms with E-state index in [2.05, 4.69) is 9.85 Å². The van der Waals surface area contributed by atoms with Gasteiger partial charge >= 0.3 is 0 Å². The van der Waals surface area contributed by atoms with Crippen molar-refractivity contribution >= 4 is 57.4 Å². The molecule has 0 bridgehead atoms. The first kappa shape index (κ1) is 16.4. The van der Waals surface area contributed by atoms with E-state index in [1.54, 1.807) is 6.07 Å². The minimum Gasteiger partial charge on any atom is -0.374 e. The summed E-state index contributed by atoms with van der Waals surface area (Å²) in [5.41, 5.74) is 1.61. The summed E-state index contributed by atoms with van der Waals surface area (Å²) in [7, 11) is 0. The highest BCUT2D eigenvalue weighted by molar-refractivity contribution is 14.1. The lowest BCUT2D eigenvalue weighted by Crippen LogP contribution is -2.03. The summed E-state index contributed by atoms with van der Waals surface area (Å²) in [6.07, 6.45) is 0.357. The molecule has 0 radical (unpaired) electrons. The van der Waals surface area contributed by atoms with Crippen molar-refractivity contribution in [1.82, 2.24) is 0 Å². The molecule has 0 aromatic heterocycles. The van der Waals surface area contributed by atoms with Crippen molar-refractivity contribution in [2.75, 3.05) is 6.61 Å². The van der Waals surface area contributed by atoms with Crippen LogP contribution in [0.4, 0.5) is 0 Å². The topological polar surface area (TPSA) is 9.23 Å². The maximum Gasteiger partial charge on any atom is 0.0811 e. The van der Waals surface area contributed by atoms with Crippen LogP contribution in [0.25, 0.3) is 0 Å². The molecule has 0 spiro atoms. The molecule has 0 aliphatic carbocycles. The fourth-order valence-electron chi connectivity index (χ4n) is 1.59. The molecule has 1 atom stereocenters. The highest BCUT2D eigenvalue weighted by Gasteiger charge is 2.18. The second-order valence-electron chi connectivity index (χ2n) is 3.60. The van der Waals surface area contributed by atoms with Gasteiger partial charge in [0, 0.05) is 46.7 Å². The zero-order valence-electron chi connectivity index (χ0n) is 9.99. The Bertz CT molecular complexity index is 491. The van der Waals surface area contributed by atoms with Crippen molar-refractivity contribution in [3.8, 4) is 9.85 Å². The van der Waals surface area contributed by atoms with Gasteiger partial charge in [0.15, 0.2) is 0 Å². The van der Waals surface area contributed by atoms with E-state index in [4.69, 9.17) is 39.5 Å². The molecule has 1 rings (SSSR count). The predicted molar refractivity (Wildman–Crippen MR) is 87.0 cm³/mol. The van der Waals surface area contributed by atoms with Crippen LogP contribution in [-0.4, -0.2) is 6.61 Å². The van der Waals surface area contributed by atoms with E-state index in [-0.39, 0.29) is 6.10 Å². The minimum atomic E-state index is -0.122. The molecule has 98 valence electrons. The Morgan fingerprint density at radius 1 is 1.33 bits per heavy atom. The smallest absolute Gasteiger partial charge is 0.0811 e. The summed E-state index contributed by atoms with van der Waals surface area (Å²) in [4.78, 5) is 0. The van der Waals surface area contributed by atoms with Crippen molar-refractivity contribution in [3.63, 3.8) is 0 Å². The molecule has 1 unspecified atom stereocenters. The van der Waals surface area contributed by atoms with Gasteiger partial charge < -0.3 is 4.74 Å². The quantitative estimate of drug-likeness (QED) is 0.348. The largest absolute Gasteiger partial charge is 0.374 e. The third-order valence-electron chi connectivity index (χ3n) is 2.46. The van der Waals surface area contributed by atoms with E-state index in [1.807, 2.05) is 36.4 Å². The van der Waals surface area contributed by atoms with Gasteiger partial charge in [-0.05, 0) is 23.8 Å². The van der Waals surface area contributed by atoms with Crippen LogP contribution in [-0.2, 0) is 11.2 Å². The molecular formula is C13H12Cl3IO. The molecule has 5 heteroatoms. The molecule has 18 heavy (non-hydrogen) atoms. The SMILES string of the molecule is CCOC(C)c1cc(Cl)c(Cl)c(CC#CI)c1Cl. The fraction of sp³-hybridized carbons (Fsp3) is 0.385. The van der Waals surface area contributed by atoms with E-state index >= 15 is 0 Å². The average molecular weight is 418 g/mol. The first-order valence-corrected chi connectivity index (χ1v) is 7.60. The molecule has 0 aliphatic heterocycles. The van der Waals surface area contributed by atoms with Gasteiger partial charge in [0.2, 0.25) is 0 Å². The highest BCUT2D eigenvalue weighted by atomic mass is 127. The molecule has 0 heterocycles. The van der Waals surface area contributed by atoms with Gasteiger partial charge in [-0.1, -0.05) is 40.7 Å². The zero-order valence-corrected chi connectivity index (χ0v) is 14.4. The number of benzene rings is 1. The lowest BCUT2D eigenvalue weighted by Gasteiger charge is -2.17. The Balaban J connectivity index is 3.27. The second kappa shape index (κ2) is 7.81. The van der Waals surface area contributed by atoms with Crippen LogP contribution >= 0.6 is 57.4 Å². The maximum absolute atomic E-state index is 6.36. The number of hydrogen-bond donors (Lipinski definition) is 0. The molecule has 0 N–H and O–H groups in total. The summed E-state index contributed by atoms with van der Waals surface area (Å²) in [5, 5.41) is 1.53. The molecule has 1 aromatic carbocycles. The van der Waals surface area contributed by atoms with Crippen LogP contribution < -0.4 is 0 Å². The van der Waals surface area contributed by atoms with Crippen LogP contribution in [0.3, 0.4) is 0 Å². The number of rotatable bonds is 4. The van der Waals surface area contributed by atoms with Crippen molar-refractivity contribution in [2.24, 2.45) is 0 Å². The lowest BCUT2D eigenvalue weighted by atomic mass is 10.0. The van der Waals surface area contributed by atoms with Gasteiger partial charge in [0.05, 0.1) is 21.2 Å². The second-order valence-corrected chi connectivity index (χ2v) is 5.30. The number of hydrogen-bond acceptors (Lipinski definition) is 1. The van der Waals surface area contributed by atoms with E-state index in [0.717, 1.165) is 11.1 Å². The van der Waals surface area contributed by atoms with E-state index in [9.17, 15) is 0 Å². The van der Waals surface area contributed by atoms with Crippen LogP contribution in [0.5, 0.6) is 0 Å². The molecule has 0 saturated carbocycles. The fourth-order valence-corrected chi connectivity index (χ4v) is 2.65. The summed E-state index contributed by atoms with van der Waals surface area (Å²) in [6, 6.07) is 1.76. The molecule has 0 amide bonds. The summed E-state index contributed by atoms with van der Waals surface area (Å²) in [5.74, 6) is 2.94. The predicted octanol–water partition coefficient (Wildman–Crippen LogP) is 5.68. The van der Waals surface area contributed by atoms with Crippen molar-refractivity contribution in [3.05, 3.63) is 32.3 Å². The van der Waals surface area contributed by atoms with Crippen molar-refractivity contribution in [1.29, 1.82) is 0 Å². The van der Waals surface area contributed by atoms with Gasteiger partial charge in [0.1, 0.15) is 0 Å². The van der Waals surface area contributed by atoms with E-state index in [1.165, 1.54) is 0 Å². The number of halogens is 4. The van der Waals surface area contributed by atoms with Crippen LogP contribution in [0, 0.1) is 9.85 Å². The Hall–Kier alpha value is 0.340. The normalized spacial score (nSPS) is 11.9. The summed E-state index contributed by atoms with van der Waals surface area (Å²) >= 11 is 20.6. The Labute approximate surface area is 136 Å². The van der Waals surface area contributed by atoms with E-state index in [0.29, 0.717) is 28.1 Å². The molecule has 0 aliphatic rings. The average Bonchev–Trinajstić information content (AvgIpc) is 2.34. The van der Waals surface area contributed by atoms with E-state index < -0.39 is 0 Å². The van der Waals surface area contributed by atoms with Crippen LogP contribution in [0.15, 0.2) is 6.07 Å². The molecule has 0 fully saturated rings. The minimum absolute atomic E-state index is 0.122. The number of ether oxygens (including phenoxy) is 1. The van der Waals surface area contributed by atoms with Gasteiger partial charge in [-0.3, -0.25) is 0 Å². The third kappa shape index (κ3) is 3.91. The van der Waals surface area contributed by atoms with Gasteiger partial charge in [0.25, 0.3) is 0 Å². The monoisotopic (exact) mass is 416 g/mol. The molecule has 0 saturated heterocycles. The van der Waals surface area contributed by atoms with Crippen LogP contribution in [0.1, 0.15) is 31.1 Å². The molecule has 1 aromatic rings. The van der Waals surface area contributed by atoms with Crippen molar-refractivity contribution in [2.45, 2.75) is 26.4 Å². The molecule has 1 nitrogen and oxygen atoms in total.